The molecule has 1 atom stereocenters. The number of carbonyl (C=O) groups excluding carboxylic acids is 1. The Morgan fingerprint density at radius 3 is 2.55 bits per heavy atom. The summed E-state index contributed by atoms with van der Waals surface area (Å²) in [6, 6.07) is -0.0510. The number of nitrogens with one attached hydrogen (secondary N) is 1. The van der Waals surface area contributed by atoms with Gasteiger partial charge < -0.3 is 0 Å². The molecule has 0 fully saturated rings. The summed E-state index contributed by atoms with van der Waals surface area (Å²) >= 11 is 3.89. The van der Waals surface area contributed by atoms with E-state index in [1.54, 1.807) is 6.92 Å². The number of hydrogen-bond donors (Lipinski definition) is 2. The Bertz CT molecular complexity index is 117. The van der Waals surface area contributed by atoms with E-state index in [-0.39, 0.29) is 11.8 Å². The van der Waals surface area contributed by atoms with Gasteiger partial charge in [-0.15, -0.1) is 0 Å². The Hall–Kier alpha value is -0.0200. The van der Waals surface area contributed by atoms with Crippen molar-refractivity contribution in [2.45, 2.75) is 45.6 Å². The fourth-order valence-corrected chi connectivity index (χ4v) is 1.27. The van der Waals surface area contributed by atoms with Crippen LogP contribution in [0, 0.1) is 0 Å². The Labute approximate surface area is 74.3 Å². The lowest BCUT2D eigenvalue weighted by atomic mass is 10.1. The van der Waals surface area contributed by atoms with Crippen LogP contribution in [0.25, 0.3) is 0 Å². The second-order valence-electron chi connectivity index (χ2n) is 2.79. The second kappa shape index (κ2) is 6.68. The van der Waals surface area contributed by atoms with E-state index in [1.807, 2.05) is 0 Å². The average Bonchev–Trinajstić information content (AvgIpc) is 1.97. The number of ketones is 1. The van der Waals surface area contributed by atoms with E-state index >= 15 is 0 Å². The lowest BCUT2D eigenvalue weighted by Crippen LogP contribution is -2.28. The van der Waals surface area contributed by atoms with Gasteiger partial charge in [0, 0.05) is 0 Å². The number of unbranched alkanes of at least 4 members (excludes halogenated alkanes) is 2. The van der Waals surface area contributed by atoms with Crippen molar-refractivity contribution >= 4 is 18.6 Å². The highest BCUT2D eigenvalue weighted by molar-refractivity contribution is 7.78. The van der Waals surface area contributed by atoms with Crippen LogP contribution < -0.4 is 4.72 Å². The maximum Gasteiger partial charge on any atom is 0.147 e. The molecule has 0 aromatic rings. The molecule has 0 heterocycles. The maximum atomic E-state index is 10.9. The second-order valence-corrected chi connectivity index (χ2v) is 3.05. The van der Waals surface area contributed by atoms with Crippen molar-refractivity contribution in [1.82, 2.24) is 4.72 Å². The zero-order valence-corrected chi connectivity index (χ0v) is 8.16. The van der Waals surface area contributed by atoms with Crippen LogP contribution in [0.5, 0.6) is 0 Å². The van der Waals surface area contributed by atoms with Crippen LogP contribution in [0.15, 0.2) is 0 Å². The van der Waals surface area contributed by atoms with Gasteiger partial charge in [0.1, 0.15) is 5.78 Å². The summed E-state index contributed by atoms with van der Waals surface area (Å²) in [6.45, 7) is 3.75. The predicted octanol–water partition coefficient (Wildman–Crippen LogP) is 1.96. The van der Waals surface area contributed by atoms with Crippen molar-refractivity contribution in [1.29, 1.82) is 0 Å². The van der Waals surface area contributed by atoms with Crippen LogP contribution >= 0.6 is 12.8 Å². The SMILES string of the molecule is CCCCC[C@H](NS)C(C)=O. The Morgan fingerprint density at radius 1 is 1.55 bits per heavy atom. The molecule has 66 valence electrons. The van der Waals surface area contributed by atoms with Crippen molar-refractivity contribution in [3.63, 3.8) is 0 Å². The van der Waals surface area contributed by atoms with Gasteiger partial charge in [-0.25, -0.2) is 0 Å². The highest BCUT2D eigenvalue weighted by Gasteiger charge is 2.09. The first-order valence-electron chi connectivity index (χ1n) is 4.12. The molecule has 0 bridgehead atoms. The fourth-order valence-electron chi connectivity index (χ4n) is 0.957. The summed E-state index contributed by atoms with van der Waals surface area (Å²) < 4.78 is 2.71. The van der Waals surface area contributed by atoms with Crippen molar-refractivity contribution < 1.29 is 4.79 Å². The molecule has 0 aliphatic heterocycles. The summed E-state index contributed by atoms with van der Waals surface area (Å²) in [5.74, 6) is 0.177. The van der Waals surface area contributed by atoms with Gasteiger partial charge in [-0.2, -0.15) is 0 Å². The molecule has 0 aromatic heterocycles. The monoisotopic (exact) mass is 175 g/mol. The summed E-state index contributed by atoms with van der Waals surface area (Å²) in [6.07, 6.45) is 4.40. The van der Waals surface area contributed by atoms with Crippen molar-refractivity contribution in [2.75, 3.05) is 0 Å². The van der Waals surface area contributed by atoms with Crippen molar-refractivity contribution in [3.8, 4) is 0 Å². The molecule has 0 spiro atoms. The molecular formula is C8H17NOS. The first-order valence-corrected chi connectivity index (χ1v) is 4.57. The van der Waals surface area contributed by atoms with Crippen molar-refractivity contribution in [3.05, 3.63) is 0 Å². The standard InChI is InChI=1S/C8H17NOS/c1-3-4-5-6-8(9-11)7(2)10/h8-9,11H,3-6H2,1-2H3/t8-/m0/s1. The third-order valence-electron chi connectivity index (χ3n) is 1.74. The normalized spacial score (nSPS) is 13.0. The number of carbonyl (C=O) groups is 1. The quantitative estimate of drug-likeness (QED) is 0.477. The molecular weight excluding hydrogens is 158 g/mol. The number of rotatable bonds is 6. The van der Waals surface area contributed by atoms with Crippen LogP contribution in [-0.2, 0) is 4.79 Å². The zero-order chi connectivity index (χ0) is 8.69. The third kappa shape index (κ3) is 5.27. The van der Waals surface area contributed by atoms with Gasteiger partial charge in [0.25, 0.3) is 0 Å². The molecule has 0 amide bonds. The summed E-state index contributed by atoms with van der Waals surface area (Å²) in [5, 5.41) is 0. The van der Waals surface area contributed by atoms with E-state index in [2.05, 4.69) is 24.5 Å². The van der Waals surface area contributed by atoms with E-state index in [4.69, 9.17) is 0 Å². The number of Topliss-reactive ketones (excluding diaryl/α,β-unsaturated/α-hetero) is 1. The molecule has 0 radical (unpaired) electrons. The topological polar surface area (TPSA) is 29.1 Å². The molecule has 1 N–H and O–H groups in total. The third-order valence-corrected chi connectivity index (χ3v) is 2.05. The first-order chi connectivity index (χ1) is 5.22. The lowest BCUT2D eigenvalue weighted by Gasteiger charge is -2.10. The summed E-state index contributed by atoms with van der Waals surface area (Å²) in [4.78, 5) is 10.9. The summed E-state index contributed by atoms with van der Waals surface area (Å²) in [5.41, 5.74) is 0. The lowest BCUT2D eigenvalue weighted by molar-refractivity contribution is -0.118. The average molecular weight is 175 g/mol. The van der Waals surface area contributed by atoms with E-state index in [0.29, 0.717) is 0 Å². The Balaban J connectivity index is 3.44. The zero-order valence-electron chi connectivity index (χ0n) is 7.26. The number of hydrogen-bond acceptors (Lipinski definition) is 3. The van der Waals surface area contributed by atoms with Gasteiger partial charge >= 0.3 is 0 Å². The van der Waals surface area contributed by atoms with Gasteiger partial charge in [-0.05, 0) is 13.3 Å². The van der Waals surface area contributed by atoms with Gasteiger partial charge in [0.05, 0.1) is 6.04 Å². The Morgan fingerprint density at radius 2 is 2.18 bits per heavy atom. The van der Waals surface area contributed by atoms with Crippen LogP contribution in [0.4, 0.5) is 0 Å². The molecule has 2 nitrogen and oxygen atoms in total. The summed E-state index contributed by atoms with van der Waals surface area (Å²) in [7, 11) is 0. The van der Waals surface area contributed by atoms with Crippen LogP contribution in [0.3, 0.4) is 0 Å². The van der Waals surface area contributed by atoms with E-state index in [1.165, 1.54) is 12.8 Å². The van der Waals surface area contributed by atoms with E-state index in [9.17, 15) is 4.79 Å². The van der Waals surface area contributed by atoms with Gasteiger partial charge in [-0.1, -0.05) is 39.0 Å². The molecule has 11 heavy (non-hydrogen) atoms. The minimum absolute atomic E-state index is 0.0510. The minimum Gasteiger partial charge on any atom is -0.298 e. The highest BCUT2D eigenvalue weighted by atomic mass is 32.1. The largest absolute Gasteiger partial charge is 0.298 e. The molecule has 0 aliphatic carbocycles. The van der Waals surface area contributed by atoms with Gasteiger partial charge in [-0.3, -0.25) is 9.52 Å². The highest BCUT2D eigenvalue weighted by Crippen LogP contribution is 2.04. The van der Waals surface area contributed by atoms with Crippen molar-refractivity contribution in [2.24, 2.45) is 0 Å². The minimum atomic E-state index is -0.0510. The fraction of sp³-hybridized carbons (Fsp3) is 0.875. The molecule has 3 heteroatoms. The van der Waals surface area contributed by atoms with Crippen LogP contribution in [0.2, 0.25) is 0 Å². The molecule has 0 rings (SSSR count). The molecule has 0 saturated carbocycles. The van der Waals surface area contributed by atoms with Crippen LogP contribution in [0.1, 0.15) is 39.5 Å². The van der Waals surface area contributed by atoms with E-state index < -0.39 is 0 Å². The Kier molecular flexibility index (Phi) is 6.66. The number of thiol groups is 1. The smallest absolute Gasteiger partial charge is 0.147 e. The van der Waals surface area contributed by atoms with Gasteiger partial charge in [0.15, 0.2) is 0 Å². The molecule has 0 aliphatic rings. The first kappa shape index (κ1) is 11.0. The molecule has 0 aromatic carbocycles. The van der Waals surface area contributed by atoms with Crippen LogP contribution in [-0.4, -0.2) is 11.8 Å². The molecule has 0 saturated heterocycles. The molecule has 0 unspecified atom stereocenters. The maximum absolute atomic E-state index is 10.9. The van der Waals surface area contributed by atoms with E-state index in [0.717, 1.165) is 12.8 Å². The van der Waals surface area contributed by atoms with Gasteiger partial charge in [0.2, 0.25) is 0 Å². The predicted molar refractivity (Wildman–Crippen MR) is 50.7 cm³/mol.